The number of imidazole rings is 1. The monoisotopic (exact) mass is 207 g/mol. The molecule has 0 unspecified atom stereocenters. The Labute approximate surface area is 87.7 Å². The van der Waals surface area contributed by atoms with Crippen molar-refractivity contribution in [1.29, 1.82) is 0 Å². The highest BCUT2D eigenvalue weighted by Crippen LogP contribution is 2.27. The van der Waals surface area contributed by atoms with Crippen LogP contribution < -0.4 is 5.73 Å². The second kappa shape index (κ2) is 2.95. The smallest absolute Gasteiger partial charge is 0.140 e. The molecule has 0 fully saturated rings. The molecule has 2 rings (SSSR count). The number of fused-ring (bicyclic) bond motifs is 1. The maximum Gasteiger partial charge on any atom is 0.140 e. The highest BCUT2D eigenvalue weighted by atomic mass is 19.1. The molecule has 0 aliphatic rings. The van der Waals surface area contributed by atoms with Gasteiger partial charge in [-0.3, -0.25) is 4.40 Å². The first-order valence-corrected chi connectivity index (χ1v) is 4.83. The highest BCUT2D eigenvalue weighted by molar-refractivity contribution is 5.54. The SMILES string of the molecule is CC(C)(C)c1nc2ccc(F)cn2c1N. The quantitative estimate of drug-likeness (QED) is 0.720. The maximum atomic E-state index is 13.0. The molecule has 2 aromatic heterocycles. The van der Waals surface area contributed by atoms with Crippen molar-refractivity contribution in [1.82, 2.24) is 9.38 Å². The molecule has 2 N–H and O–H groups in total. The number of hydrogen-bond donors (Lipinski definition) is 1. The van der Waals surface area contributed by atoms with Crippen molar-refractivity contribution in [3.8, 4) is 0 Å². The van der Waals surface area contributed by atoms with Crippen LogP contribution >= 0.6 is 0 Å². The Kier molecular flexibility index (Phi) is 1.96. The summed E-state index contributed by atoms with van der Waals surface area (Å²) in [5.41, 5.74) is 7.27. The molecule has 0 bridgehead atoms. The molecule has 2 heterocycles. The molecule has 0 saturated heterocycles. The summed E-state index contributed by atoms with van der Waals surface area (Å²) in [5, 5.41) is 0. The fraction of sp³-hybridized carbons (Fsp3) is 0.364. The Hall–Kier alpha value is -1.58. The van der Waals surface area contributed by atoms with E-state index in [1.165, 1.54) is 12.3 Å². The number of nitrogens with zero attached hydrogens (tertiary/aromatic N) is 2. The van der Waals surface area contributed by atoms with E-state index in [-0.39, 0.29) is 11.2 Å². The molecule has 0 radical (unpaired) electrons. The maximum absolute atomic E-state index is 13.0. The van der Waals surface area contributed by atoms with Gasteiger partial charge in [0.2, 0.25) is 0 Å². The van der Waals surface area contributed by atoms with E-state index in [1.807, 2.05) is 20.8 Å². The van der Waals surface area contributed by atoms with E-state index >= 15 is 0 Å². The molecule has 0 spiro atoms. The van der Waals surface area contributed by atoms with E-state index in [9.17, 15) is 4.39 Å². The third-order valence-corrected chi connectivity index (χ3v) is 2.33. The van der Waals surface area contributed by atoms with Crippen molar-refractivity contribution in [2.45, 2.75) is 26.2 Å². The number of aromatic nitrogens is 2. The van der Waals surface area contributed by atoms with E-state index in [1.54, 1.807) is 10.5 Å². The van der Waals surface area contributed by atoms with Crippen molar-refractivity contribution in [2.75, 3.05) is 5.73 Å². The van der Waals surface area contributed by atoms with Crippen LogP contribution in [0.2, 0.25) is 0 Å². The standard InChI is InChI=1S/C11H14FN3/c1-11(2,3)9-10(13)15-6-7(12)4-5-8(15)14-9/h4-6H,13H2,1-3H3. The number of nitrogens with two attached hydrogens (primary N) is 1. The Morgan fingerprint density at radius 2 is 2.00 bits per heavy atom. The molecule has 4 heteroatoms. The average molecular weight is 207 g/mol. The van der Waals surface area contributed by atoms with Crippen LogP contribution in [0.3, 0.4) is 0 Å². The largest absolute Gasteiger partial charge is 0.383 e. The van der Waals surface area contributed by atoms with Gasteiger partial charge in [-0.15, -0.1) is 0 Å². The lowest BCUT2D eigenvalue weighted by Gasteiger charge is -2.15. The minimum Gasteiger partial charge on any atom is -0.383 e. The lowest BCUT2D eigenvalue weighted by atomic mass is 9.92. The summed E-state index contributed by atoms with van der Waals surface area (Å²) in [5.74, 6) is 0.198. The van der Waals surface area contributed by atoms with Crippen molar-refractivity contribution < 1.29 is 4.39 Å². The van der Waals surface area contributed by atoms with Gasteiger partial charge in [-0.2, -0.15) is 0 Å². The Morgan fingerprint density at radius 3 is 2.60 bits per heavy atom. The predicted octanol–water partition coefficient (Wildman–Crippen LogP) is 2.35. The third-order valence-electron chi connectivity index (χ3n) is 2.33. The molecule has 0 atom stereocenters. The highest BCUT2D eigenvalue weighted by Gasteiger charge is 2.22. The number of anilines is 1. The van der Waals surface area contributed by atoms with Gasteiger partial charge in [-0.05, 0) is 12.1 Å². The third kappa shape index (κ3) is 1.56. The van der Waals surface area contributed by atoms with E-state index in [0.29, 0.717) is 11.5 Å². The van der Waals surface area contributed by atoms with Crippen LogP contribution in [-0.4, -0.2) is 9.38 Å². The molecular formula is C11H14FN3. The minimum atomic E-state index is -0.313. The first-order valence-electron chi connectivity index (χ1n) is 4.83. The molecule has 0 amide bonds. The number of hydrogen-bond acceptors (Lipinski definition) is 2. The molecule has 15 heavy (non-hydrogen) atoms. The van der Waals surface area contributed by atoms with Gasteiger partial charge >= 0.3 is 0 Å². The predicted molar refractivity (Wildman–Crippen MR) is 58.3 cm³/mol. The van der Waals surface area contributed by atoms with E-state index in [4.69, 9.17) is 5.73 Å². The summed E-state index contributed by atoms with van der Waals surface area (Å²) in [6, 6.07) is 3.01. The van der Waals surface area contributed by atoms with Crippen LogP contribution in [0.25, 0.3) is 5.65 Å². The van der Waals surface area contributed by atoms with Gasteiger partial charge in [0.25, 0.3) is 0 Å². The zero-order chi connectivity index (χ0) is 11.2. The molecule has 0 aliphatic heterocycles. The molecule has 0 aromatic carbocycles. The summed E-state index contributed by atoms with van der Waals surface area (Å²) in [6.45, 7) is 6.09. The van der Waals surface area contributed by atoms with Gasteiger partial charge in [0.05, 0.1) is 5.69 Å². The summed E-state index contributed by atoms with van der Waals surface area (Å²) in [4.78, 5) is 4.40. The van der Waals surface area contributed by atoms with Crippen LogP contribution in [0.15, 0.2) is 18.3 Å². The Balaban J connectivity index is 2.76. The number of rotatable bonds is 0. The van der Waals surface area contributed by atoms with E-state index in [0.717, 1.165) is 5.69 Å². The fourth-order valence-corrected chi connectivity index (χ4v) is 1.59. The van der Waals surface area contributed by atoms with Crippen LogP contribution in [-0.2, 0) is 5.41 Å². The summed E-state index contributed by atoms with van der Waals surface area (Å²) in [6.07, 6.45) is 1.35. The number of nitrogen functional groups attached to an aromatic ring is 1. The average Bonchev–Trinajstić information content (AvgIpc) is 2.43. The first-order chi connectivity index (χ1) is 6.89. The van der Waals surface area contributed by atoms with Crippen molar-refractivity contribution in [3.63, 3.8) is 0 Å². The fourth-order valence-electron chi connectivity index (χ4n) is 1.59. The Bertz CT molecular complexity index is 508. The zero-order valence-electron chi connectivity index (χ0n) is 9.08. The van der Waals surface area contributed by atoms with Gasteiger partial charge in [-0.1, -0.05) is 20.8 Å². The van der Waals surface area contributed by atoms with Crippen LogP contribution in [0.1, 0.15) is 26.5 Å². The zero-order valence-corrected chi connectivity index (χ0v) is 9.08. The van der Waals surface area contributed by atoms with Crippen LogP contribution in [0, 0.1) is 5.82 Å². The second-order valence-electron chi connectivity index (χ2n) is 4.67. The normalized spacial score (nSPS) is 12.3. The lowest BCUT2D eigenvalue weighted by Crippen LogP contribution is -2.14. The van der Waals surface area contributed by atoms with Crippen molar-refractivity contribution in [2.24, 2.45) is 0 Å². The molecule has 3 nitrogen and oxygen atoms in total. The molecule has 2 aromatic rings. The Morgan fingerprint density at radius 1 is 1.33 bits per heavy atom. The van der Waals surface area contributed by atoms with Crippen LogP contribution in [0.5, 0.6) is 0 Å². The van der Waals surface area contributed by atoms with Gasteiger partial charge in [0, 0.05) is 11.6 Å². The summed E-state index contributed by atoms with van der Waals surface area (Å²) in [7, 11) is 0. The number of halogens is 1. The summed E-state index contributed by atoms with van der Waals surface area (Å²) >= 11 is 0. The van der Waals surface area contributed by atoms with Gasteiger partial charge in [0.15, 0.2) is 0 Å². The topological polar surface area (TPSA) is 43.3 Å². The first kappa shape index (κ1) is 9.96. The second-order valence-corrected chi connectivity index (χ2v) is 4.67. The van der Waals surface area contributed by atoms with Crippen LogP contribution in [0.4, 0.5) is 10.2 Å². The number of pyridine rings is 1. The van der Waals surface area contributed by atoms with Crippen molar-refractivity contribution >= 4 is 11.5 Å². The van der Waals surface area contributed by atoms with Gasteiger partial charge < -0.3 is 5.73 Å². The van der Waals surface area contributed by atoms with E-state index in [2.05, 4.69) is 4.98 Å². The van der Waals surface area contributed by atoms with E-state index < -0.39 is 0 Å². The molecule has 0 saturated carbocycles. The molecule has 0 aliphatic carbocycles. The van der Waals surface area contributed by atoms with Crippen molar-refractivity contribution in [3.05, 3.63) is 29.8 Å². The molecular weight excluding hydrogens is 193 g/mol. The minimum absolute atomic E-state index is 0.132. The lowest BCUT2D eigenvalue weighted by molar-refractivity contribution is 0.575. The van der Waals surface area contributed by atoms with Gasteiger partial charge in [0.1, 0.15) is 17.3 Å². The molecule has 80 valence electrons. The summed E-state index contributed by atoms with van der Waals surface area (Å²) < 4.78 is 14.6. The van der Waals surface area contributed by atoms with Gasteiger partial charge in [-0.25, -0.2) is 9.37 Å².